The minimum Gasteiger partial charge on any atom is -0.387 e. The maximum Gasteiger partial charge on any atom is 0.195 e. The van der Waals surface area contributed by atoms with E-state index in [4.69, 9.17) is 11.6 Å². The molecule has 1 aliphatic rings. The molecule has 0 saturated carbocycles. The van der Waals surface area contributed by atoms with Gasteiger partial charge in [-0.05, 0) is 48.9 Å². The lowest BCUT2D eigenvalue weighted by Crippen LogP contribution is -2.36. The van der Waals surface area contributed by atoms with E-state index >= 15 is 4.39 Å². The smallest absolute Gasteiger partial charge is 0.195 e. The molecule has 0 aliphatic heterocycles. The molecular formula is C20H21ClFNO2. The Morgan fingerprint density at radius 3 is 2.84 bits per heavy atom. The van der Waals surface area contributed by atoms with Crippen molar-refractivity contribution in [2.45, 2.75) is 50.3 Å². The number of rotatable bonds is 5. The zero-order valence-electron chi connectivity index (χ0n) is 14.1. The molecule has 3 atom stereocenters. The molecule has 0 radical (unpaired) electrons. The molecule has 1 aliphatic carbocycles. The number of aromatic nitrogens is 1. The summed E-state index contributed by atoms with van der Waals surface area (Å²) in [5.74, 6) is -0.304. The number of alkyl halides is 1. The standard InChI is InChI=1S/C20H21ClFNO2/c1-13(14-5-7-15(21)8-6-14)4-9-18(25)20(22)11-10-17(24)19-16(20)3-2-12-23-19/h2-3,5-8,12-13,17,24H,4,9-11H2,1H3/t13?,17-,20-/m0/s1. The minimum atomic E-state index is -2.05. The summed E-state index contributed by atoms with van der Waals surface area (Å²) in [6.45, 7) is 2.02. The number of hydrogen-bond acceptors (Lipinski definition) is 3. The van der Waals surface area contributed by atoms with Crippen LogP contribution in [0.3, 0.4) is 0 Å². The van der Waals surface area contributed by atoms with Crippen LogP contribution in [0, 0.1) is 0 Å². The second kappa shape index (κ2) is 7.22. The summed E-state index contributed by atoms with van der Waals surface area (Å²) in [5, 5.41) is 10.7. The monoisotopic (exact) mass is 361 g/mol. The van der Waals surface area contributed by atoms with Gasteiger partial charge in [0.1, 0.15) is 0 Å². The van der Waals surface area contributed by atoms with Crippen molar-refractivity contribution in [2.75, 3.05) is 0 Å². The molecule has 1 aromatic carbocycles. The molecule has 0 amide bonds. The summed E-state index contributed by atoms with van der Waals surface area (Å²) in [6, 6.07) is 10.7. The SMILES string of the molecule is CC(CCC(=O)[C@]1(F)CC[C@H](O)c2ncccc21)c1ccc(Cl)cc1. The van der Waals surface area contributed by atoms with Crippen LogP contribution < -0.4 is 0 Å². The predicted molar refractivity (Wildman–Crippen MR) is 95.3 cm³/mol. The second-order valence-electron chi connectivity index (χ2n) is 6.71. The molecule has 0 saturated heterocycles. The van der Waals surface area contributed by atoms with Crippen LogP contribution in [-0.2, 0) is 10.5 Å². The zero-order chi connectivity index (χ0) is 18.0. The van der Waals surface area contributed by atoms with Crippen molar-refractivity contribution >= 4 is 17.4 Å². The van der Waals surface area contributed by atoms with Crippen molar-refractivity contribution in [1.82, 2.24) is 4.98 Å². The number of halogens is 2. The Balaban J connectivity index is 1.73. The number of nitrogens with zero attached hydrogens (tertiary/aromatic N) is 1. The number of hydrogen-bond donors (Lipinski definition) is 1. The Hall–Kier alpha value is -1.78. The van der Waals surface area contributed by atoms with E-state index in [9.17, 15) is 9.90 Å². The largest absolute Gasteiger partial charge is 0.387 e. The van der Waals surface area contributed by atoms with Crippen molar-refractivity contribution in [3.63, 3.8) is 0 Å². The number of aliphatic hydroxyl groups is 1. The quantitative estimate of drug-likeness (QED) is 0.825. The Morgan fingerprint density at radius 1 is 1.40 bits per heavy atom. The van der Waals surface area contributed by atoms with Gasteiger partial charge in [0.15, 0.2) is 11.5 Å². The number of Topliss-reactive ketones (excluding diaryl/α,β-unsaturated/α-hetero) is 1. The Morgan fingerprint density at radius 2 is 2.12 bits per heavy atom. The highest BCUT2D eigenvalue weighted by atomic mass is 35.5. The van der Waals surface area contributed by atoms with Gasteiger partial charge in [0.05, 0.1) is 11.8 Å². The molecule has 25 heavy (non-hydrogen) atoms. The first-order chi connectivity index (χ1) is 11.9. The average molecular weight is 362 g/mol. The number of carbonyl (C=O) groups is 1. The second-order valence-corrected chi connectivity index (χ2v) is 7.14. The fourth-order valence-electron chi connectivity index (χ4n) is 3.42. The molecule has 3 nitrogen and oxygen atoms in total. The molecule has 132 valence electrons. The van der Waals surface area contributed by atoms with Gasteiger partial charge in [-0.15, -0.1) is 0 Å². The van der Waals surface area contributed by atoms with Crippen LogP contribution in [-0.4, -0.2) is 15.9 Å². The average Bonchev–Trinajstić information content (AvgIpc) is 2.63. The highest BCUT2D eigenvalue weighted by Gasteiger charge is 2.45. The predicted octanol–water partition coefficient (Wildman–Crippen LogP) is 4.88. The molecule has 0 spiro atoms. The molecule has 0 fully saturated rings. The molecule has 1 unspecified atom stereocenters. The number of pyridine rings is 1. The summed E-state index contributed by atoms with van der Waals surface area (Å²) < 4.78 is 15.5. The number of aliphatic hydroxyl groups excluding tert-OH is 1. The fourth-order valence-corrected chi connectivity index (χ4v) is 3.54. The van der Waals surface area contributed by atoms with Crippen LogP contribution in [0.5, 0.6) is 0 Å². The summed E-state index contributed by atoms with van der Waals surface area (Å²) in [4.78, 5) is 16.7. The summed E-state index contributed by atoms with van der Waals surface area (Å²) in [6.07, 6.45) is 1.62. The molecule has 1 aromatic heterocycles. The third-order valence-corrected chi connectivity index (χ3v) is 5.28. The fraction of sp³-hybridized carbons (Fsp3) is 0.400. The lowest BCUT2D eigenvalue weighted by Gasteiger charge is -2.32. The maximum absolute atomic E-state index is 15.5. The van der Waals surface area contributed by atoms with E-state index < -0.39 is 17.6 Å². The zero-order valence-corrected chi connectivity index (χ0v) is 14.8. The topological polar surface area (TPSA) is 50.2 Å². The van der Waals surface area contributed by atoms with Gasteiger partial charge < -0.3 is 5.11 Å². The third-order valence-electron chi connectivity index (χ3n) is 5.03. The summed E-state index contributed by atoms with van der Waals surface area (Å²) >= 11 is 5.89. The van der Waals surface area contributed by atoms with Gasteiger partial charge in [-0.1, -0.05) is 36.7 Å². The normalized spacial score (nSPS) is 23.8. The molecule has 3 rings (SSSR count). The maximum atomic E-state index is 15.5. The Bertz CT molecular complexity index is 765. The first-order valence-corrected chi connectivity index (χ1v) is 8.91. The van der Waals surface area contributed by atoms with E-state index in [1.165, 1.54) is 6.20 Å². The minimum absolute atomic E-state index is 0.00101. The summed E-state index contributed by atoms with van der Waals surface area (Å²) in [5.41, 5.74) is -0.470. The van der Waals surface area contributed by atoms with E-state index in [-0.39, 0.29) is 36.4 Å². The van der Waals surface area contributed by atoms with Crippen molar-refractivity contribution < 1.29 is 14.3 Å². The molecule has 2 aromatic rings. The first-order valence-electron chi connectivity index (χ1n) is 8.53. The van der Waals surface area contributed by atoms with Crippen molar-refractivity contribution in [3.8, 4) is 0 Å². The Labute approximate surface area is 151 Å². The van der Waals surface area contributed by atoms with Gasteiger partial charge in [-0.3, -0.25) is 9.78 Å². The van der Waals surface area contributed by atoms with E-state index in [1.54, 1.807) is 12.1 Å². The van der Waals surface area contributed by atoms with Crippen LogP contribution in [0.25, 0.3) is 0 Å². The van der Waals surface area contributed by atoms with Crippen LogP contribution >= 0.6 is 11.6 Å². The molecule has 1 heterocycles. The van der Waals surface area contributed by atoms with Crippen LogP contribution in [0.4, 0.5) is 4.39 Å². The van der Waals surface area contributed by atoms with E-state index in [0.717, 1.165) is 5.56 Å². The molecular weight excluding hydrogens is 341 g/mol. The van der Waals surface area contributed by atoms with Gasteiger partial charge in [-0.25, -0.2) is 4.39 Å². The van der Waals surface area contributed by atoms with Crippen LogP contribution in [0.1, 0.15) is 61.4 Å². The highest BCUT2D eigenvalue weighted by Crippen LogP contribution is 2.43. The number of fused-ring (bicyclic) bond motifs is 1. The molecule has 5 heteroatoms. The summed E-state index contributed by atoms with van der Waals surface area (Å²) in [7, 11) is 0. The highest BCUT2D eigenvalue weighted by molar-refractivity contribution is 6.30. The van der Waals surface area contributed by atoms with Crippen molar-refractivity contribution in [1.29, 1.82) is 0 Å². The number of benzene rings is 1. The van der Waals surface area contributed by atoms with Crippen LogP contribution in [0.2, 0.25) is 5.02 Å². The first kappa shape index (κ1) is 18.0. The molecule has 0 bridgehead atoms. The van der Waals surface area contributed by atoms with Crippen molar-refractivity contribution in [3.05, 3.63) is 64.4 Å². The van der Waals surface area contributed by atoms with Gasteiger partial charge in [0, 0.05) is 23.2 Å². The number of carbonyl (C=O) groups excluding carboxylic acids is 1. The van der Waals surface area contributed by atoms with E-state index in [2.05, 4.69) is 4.98 Å². The van der Waals surface area contributed by atoms with E-state index in [0.29, 0.717) is 11.4 Å². The van der Waals surface area contributed by atoms with Gasteiger partial charge >= 0.3 is 0 Å². The lowest BCUT2D eigenvalue weighted by atomic mass is 9.77. The molecule has 1 N–H and O–H groups in total. The Kier molecular flexibility index (Phi) is 5.21. The third kappa shape index (κ3) is 3.60. The van der Waals surface area contributed by atoms with Crippen LogP contribution in [0.15, 0.2) is 42.6 Å². The number of ketones is 1. The lowest BCUT2D eigenvalue weighted by molar-refractivity contribution is -0.133. The van der Waals surface area contributed by atoms with Crippen molar-refractivity contribution in [2.24, 2.45) is 0 Å². The van der Waals surface area contributed by atoms with Gasteiger partial charge in [0.2, 0.25) is 0 Å². The van der Waals surface area contributed by atoms with Gasteiger partial charge in [-0.2, -0.15) is 0 Å². The van der Waals surface area contributed by atoms with Gasteiger partial charge in [0.25, 0.3) is 0 Å². The van der Waals surface area contributed by atoms with E-state index in [1.807, 2.05) is 31.2 Å².